The second-order valence-corrected chi connectivity index (χ2v) is 5.78. The number of rotatable bonds is 2. The van der Waals surface area contributed by atoms with E-state index in [0.29, 0.717) is 13.2 Å². The van der Waals surface area contributed by atoms with Gasteiger partial charge in [-0.1, -0.05) is 30.3 Å². The van der Waals surface area contributed by atoms with Gasteiger partial charge >= 0.3 is 0 Å². The molecule has 1 amide bonds. The summed E-state index contributed by atoms with van der Waals surface area (Å²) in [5.74, 6) is -0.0323. The second kappa shape index (κ2) is 6.71. The number of carbonyl (C=O) groups is 1. The molecule has 1 saturated heterocycles. The van der Waals surface area contributed by atoms with Gasteiger partial charge in [0.2, 0.25) is 5.91 Å². The number of benzene rings is 2. The molecule has 4 rings (SSSR count). The smallest absolute Gasteiger partial charge is 0.243 e. The first kappa shape index (κ1) is 16.0. The Bertz CT molecular complexity index is 727. The lowest BCUT2D eigenvalue weighted by Gasteiger charge is -2.23. The van der Waals surface area contributed by atoms with Crippen LogP contribution in [0.5, 0.6) is 0 Å². The predicted octanol–water partition coefficient (Wildman–Crippen LogP) is 2.61. The van der Waals surface area contributed by atoms with Gasteiger partial charge in [-0.15, -0.1) is 12.4 Å². The maximum absolute atomic E-state index is 12.2. The average molecular weight is 331 g/mol. The van der Waals surface area contributed by atoms with Gasteiger partial charge in [-0.3, -0.25) is 4.79 Å². The number of halogens is 1. The Labute approximate surface area is 141 Å². The minimum Gasteiger partial charge on any atom is -0.378 e. The number of amides is 1. The number of fused-ring (bicyclic) bond motifs is 3. The van der Waals surface area contributed by atoms with Gasteiger partial charge in [0, 0.05) is 12.2 Å². The fourth-order valence-electron chi connectivity index (χ4n) is 3.19. The summed E-state index contributed by atoms with van der Waals surface area (Å²) < 4.78 is 5.33. The average Bonchev–Trinajstić information content (AvgIpc) is 2.93. The van der Waals surface area contributed by atoms with Crippen molar-refractivity contribution in [3.05, 3.63) is 53.6 Å². The first-order valence-electron chi connectivity index (χ1n) is 7.64. The maximum Gasteiger partial charge on any atom is 0.243 e. The van der Waals surface area contributed by atoms with E-state index in [1.807, 2.05) is 6.07 Å². The molecule has 2 N–H and O–H groups in total. The molecule has 0 radical (unpaired) electrons. The largest absolute Gasteiger partial charge is 0.378 e. The third-order valence-corrected chi connectivity index (χ3v) is 4.30. The van der Waals surface area contributed by atoms with Crippen LogP contribution in [0, 0.1) is 0 Å². The summed E-state index contributed by atoms with van der Waals surface area (Å²) in [6.07, 6.45) is 0.931. The first-order chi connectivity index (χ1) is 10.8. The van der Waals surface area contributed by atoms with Gasteiger partial charge < -0.3 is 15.4 Å². The molecule has 2 aliphatic rings. The third kappa shape index (κ3) is 3.11. The Kier molecular flexibility index (Phi) is 4.66. The van der Waals surface area contributed by atoms with Gasteiger partial charge in [0.25, 0.3) is 0 Å². The molecule has 0 bridgehead atoms. The molecule has 0 aromatic heterocycles. The Morgan fingerprint density at radius 1 is 1.13 bits per heavy atom. The Morgan fingerprint density at radius 3 is 2.78 bits per heavy atom. The molecule has 1 aliphatic heterocycles. The van der Waals surface area contributed by atoms with E-state index in [4.69, 9.17) is 4.74 Å². The van der Waals surface area contributed by atoms with E-state index in [2.05, 4.69) is 47.0 Å². The van der Waals surface area contributed by atoms with Crippen LogP contribution >= 0.6 is 12.4 Å². The first-order valence-corrected chi connectivity index (χ1v) is 7.64. The van der Waals surface area contributed by atoms with Gasteiger partial charge in [-0.25, -0.2) is 0 Å². The van der Waals surface area contributed by atoms with Crippen molar-refractivity contribution >= 4 is 24.0 Å². The minimum absolute atomic E-state index is 0. The Morgan fingerprint density at radius 2 is 1.96 bits per heavy atom. The lowest BCUT2D eigenvalue weighted by Crippen LogP contribution is -2.48. The molecule has 5 heteroatoms. The number of hydrogen-bond donors (Lipinski definition) is 2. The van der Waals surface area contributed by atoms with Crippen molar-refractivity contribution in [3.8, 4) is 11.1 Å². The van der Waals surface area contributed by atoms with Crippen LogP contribution in [-0.2, 0) is 16.0 Å². The van der Waals surface area contributed by atoms with Gasteiger partial charge in [-0.2, -0.15) is 0 Å². The Balaban J connectivity index is 0.00000156. The second-order valence-electron chi connectivity index (χ2n) is 5.78. The topological polar surface area (TPSA) is 50.4 Å². The fourth-order valence-corrected chi connectivity index (χ4v) is 3.19. The van der Waals surface area contributed by atoms with Crippen molar-refractivity contribution in [1.82, 2.24) is 5.32 Å². The molecule has 1 atom stereocenters. The van der Waals surface area contributed by atoms with Crippen LogP contribution < -0.4 is 10.6 Å². The molecular formula is C18H19ClN2O2. The van der Waals surface area contributed by atoms with Gasteiger partial charge in [0.1, 0.15) is 6.04 Å². The highest BCUT2D eigenvalue weighted by atomic mass is 35.5. The number of ether oxygens (including phenoxy) is 1. The standard InChI is InChI=1S/C18H18N2O2.ClH/c21-18(17-11-22-8-7-19-17)20-14-5-6-16-13(10-14)9-12-3-1-2-4-15(12)16;/h1-6,10,17,19H,7-9,11H2,(H,20,21);1H. The molecule has 4 nitrogen and oxygen atoms in total. The van der Waals surface area contributed by atoms with E-state index < -0.39 is 0 Å². The van der Waals surface area contributed by atoms with Gasteiger partial charge in [0.15, 0.2) is 0 Å². The fraction of sp³-hybridized carbons (Fsp3) is 0.278. The zero-order chi connectivity index (χ0) is 14.9. The zero-order valence-electron chi connectivity index (χ0n) is 12.7. The van der Waals surface area contributed by atoms with Gasteiger partial charge in [-0.05, 0) is 40.8 Å². The highest BCUT2D eigenvalue weighted by Crippen LogP contribution is 2.37. The van der Waals surface area contributed by atoms with E-state index in [-0.39, 0.29) is 24.4 Å². The summed E-state index contributed by atoms with van der Waals surface area (Å²) in [5, 5.41) is 6.16. The van der Waals surface area contributed by atoms with Crippen LogP contribution in [0.2, 0.25) is 0 Å². The number of morpholine rings is 1. The number of anilines is 1. The summed E-state index contributed by atoms with van der Waals surface area (Å²) in [6, 6.07) is 14.3. The molecule has 1 aliphatic carbocycles. The zero-order valence-corrected chi connectivity index (χ0v) is 13.5. The van der Waals surface area contributed by atoms with Crippen LogP contribution in [-0.4, -0.2) is 31.7 Å². The highest BCUT2D eigenvalue weighted by Gasteiger charge is 2.22. The van der Waals surface area contributed by atoms with Crippen LogP contribution in [0.1, 0.15) is 11.1 Å². The summed E-state index contributed by atoms with van der Waals surface area (Å²) in [5.41, 5.74) is 6.05. The summed E-state index contributed by atoms with van der Waals surface area (Å²) in [6.45, 7) is 1.82. The lowest BCUT2D eigenvalue weighted by molar-refractivity contribution is -0.120. The quantitative estimate of drug-likeness (QED) is 0.759. The minimum atomic E-state index is -0.265. The van der Waals surface area contributed by atoms with E-state index in [1.54, 1.807) is 0 Å². The van der Waals surface area contributed by atoms with Crippen molar-refractivity contribution in [1.29, 1.82) is 0 Å². The molecule has 2 aromatic carbocycles. The summed E-state index contributed by atoms with van der Waals surface area (Å²) in [4.78, 5) is 12.2. The molecule has 23 heavy (non-hydrogen) atoms. The van der Waals surface area contributed by atoms with Crippen molar-refractivity contribution in [2.24, 2.45) is 0 Å². The van der Waals surface area contributed by atoms with E-state index >= 15 is 0 Å². The number of hydrogen-bond acceptors (Lipinski definition) is 3. The normalized spacial score (nSPS) is 18.5. The van der Waals surface area contributed by atoms with Crippen LogP contribution in [0.4, 0.5) is 5.69 Å². The molecule has 0 spiro atoms. The number of nitrogens with one attached hydrogen (secondary N) is 2. The lowest BCUT2D eigenvalue weighted by atomic mass is 10.1. The van der Waals surface area contributed by atoms with E-state index in [1.165, 1.54) is 22.3 Å². The van der Waals surface area contributed by atoms with Crippen LogP contribution in [0.3, 0.4) is 0 Å². The predicted molar refractivity (Wildman–Crippen MR) is 93.2 cm³/mol. The van der Waals surface area contributed by atoms with Gasteiger partial charge in [0.05, 0.1) is 13.2 Å². The molecular weight excluding hydrogens is 312 g/mol. The number of carbonyl (C=O) groups excluding carboxylic acids is 1. The molecule has 120 valence electrons. The van der Waals surface area contributed by atoms with Crippen LogP contribution in [0.25, 0.3) is 11.1 Å². The SMILES string of the molecule is Cl.O=C(Nc1ccc2c(c1)Cc1ccccc1-2)C1COCCN1. The van der Waals surface area contributed by atoms with Crippen molar-refractivity contribution < 1.29 is 9.53 Å². The van der Waals surface area contributed by atoms with Crippen molar-refractivity contribution in [2.75, 3.05) is 25.1 Å². The van der Waals surface area contributed by atoms with Crippen molar-refractivity contribution in [3.63, 3.8) is 0 Å². The van der Waals surface area contributed by atoms with E-state index in [9.17, 15) is 4.79 Å². The van der Waals surface area contributed by atoms with Crippen LogP contribution in [0.15, 0.2) is 42.5 Å². The molecule has 1 unspecified atom stereocenters. The maximum atomic E-state index is 12.2. The molecule has 0 saturated carbocycles. The summed E-state index contributed by atoms with van der Waals surface area (Å²) in [7, 11) is 0. The monoisotopic (exact) mass is 330 g/mol. The third-order valence-electron chi connectivity index (χ3n) is 4.30. The Hall–Kier alpha value is -1.88. The molecule has 1 fully saturated rings. The van der Waals surface area contributed by atoms with Crippen molar-refractivity contribution in [2.45, 2.75) is 12.5 Å². The molecule has 2 aromatic rings. The molecule has 1 heterocycles. The van der Waals surface area contributed by atoms with E-state index in [0.717, 1.165) is 18.7 Å². The highest BCUT2D eigenvalue weighted by molar-refractivity contribution is 5.95. The summed E-state index contributed by atoms with van der Waals surface area (Å²) >= 11 is 0.